The number of Topliss-reactive ketones (excluding diaryl/α,β-unsaturated/α-hetero) is 1. The van der Waals surface area contributed by atoms with Gasteiger partial charge in [-0.2, -0.15) is 0 Å². The zero-order valence-corrected chi connectivity index (χ0v) is 17.1. The van der Waals surface area contributed by atoms with E-state index in [9.17, 15) is 9.59 Å². The third-order valence-corrected chi connectivity index (χ3v) is 9.44. The van der Waals surface area contributed by atoms with Crippen LogP contribution in [0.15, 0.2) is 0 Å². The fraction of sp³-hybridized carbons (Fsp3) is 0.913. The van der Waals surface area contributed by atoms with Crippen molar-refractivity contribution < 1.29 is 14.3 Å². The molecule has 3 heteroatoms. The Kier molecular flexibility index (Phi) is 4.51. The van der Waals surface area contributed by atoms with Crippen LogP contribution in [-0.2, 0) is 14.3 Å². The first-order valence-electron chi connectivity index (χ1n) is 10.9. The summed E-state index contributed by atoms with van der Waals surface area (Å²) in [6.45, 7) is 8.33. The Morgan fingerprint density at radius 3 is 2.23 bits per heavy atom. The molecule has 0 aromatic carbocycles. The average Bonchev–Trinajstić information content (AvgIpc) is 2.92. The van der Waals surface area contributed by atoms with Crippen molar-refractivity contribution in [2.24, 2.45) is 40.4 Å². The Hall–Kier alpha value is -0.860. The first-order chi connectivity index (χ1) is 12.3. The molecular formula is C23H36O3. The smallest absolute Gasteiger partial charge is 0.302 e. The Balaban J connectivity index is 1.54. The Labute approximate surface area is 158 Å². The van der Waals surface area contributed by atoms with E-state index < -0.39 is 0 Å². The first kappa shape index (κ1) is 18.5. The number of carbonyl (C=O) groups is 2. The predicted octanol–water partition coefficient (Wildman–Crippen LogP) is 5.17. The lowest BCUT2D eigenvalue weighted by atomic mass is 9.44. The molecule has 4 aliphatic rings. The highest BCUT2D eigenvalue weighted by Gasteiger charge is 2.60. The minimum Gasteiger partial charge on any atom is -0.463 e. The van der Waals surface area contributed by atoms with Crippen LogP contribution >= 0.6 is 0 Å². The molecule has 0 spiro atoms. The number of rotatable bonds is 2. The normalized spacial score (nSPS) is 50.3. The van der Waals surface area contributed by atoms with Crippen LogP contribution in [0, 0.1) is 40.4 Å². The predicted molar refractivity (Wildman–Crippen MR) is 101 cm³/mol. The van der Waals surface area contributed by atoms with Crippen LogP contribution in [0.1, 0.15) is 85.5 Å². The van der Waals surface area contributed by atoms with Gasteiger partial charge < -0.3 is 4.74 Å². The topological polar surface area (TPSA) is 43.4 Å². The van der Waals surface area contributed by atoms with Gasteiger partial charge in [0.1, 0.15) is 11.9 Å². The summed E-state index contributed by atoms with van der Waals surface area (Å²) in [4.78, 5) is 23.6. The molecule has 4 rings (SSSR count). The van der Waals surface area contributed by atoms with Gasteiger partial charge in [-0.15, -0.1) is 0 Å². The molecule has 0 aliphatic heterocycles. The van der Waals surface area contributed by atoms with Gasteiger partial charge in [-0.05, 0) is 99.2 Å². The minimum absolute atomic E-state index is 0.123. The maximum atomic E-state index is 12.2. The lowest BCUT2D eigenvalue weighted by molar-refractivity contribution is -0.161. The quantitative estimate of drug-likeness (QED) is 0.638. The monoisotopic (exact) mass is 360 g/mol. The molecule has 4 saturated carbocycles. The molecule has 0 aromatic heterocycles. The fourth-order valence-corrected chi connectivity index (χ4v) is 8.23. The molecule has 3 nitrogen and oxygen atoms in total. The Morgan fingerprint density at radius 2 is 1.54 bits per heavy atom. The van der Waals surface area contributed by atoms with E-state index in [0.29, 0.717) is 23.0 Å². The number of ketones is 1. The summed E-state index contributed by atoms with van der Waals surface area (Å²) in [6.07, 6.45) is 11.0. The molecule has 26 heavy (non-hydrogen) atoms. The second kappa shape index (κ2) is 6.34. The molecule has 4 aliphatic carbocycles. The second-order valence-electron chi connectivity index (χ2n) is 10.4. The van der Waals surface area contributed by atoms with Gasteiger partial charge in [0.25, 0.3) is 0 Å². The number of esters is 1. The average molecular weight is 361 g/mol. The maximum Gasteiger partial charge on any atom is 0.302 e. The Bertz CT molecular complexity index is 598. The zero-order chi connectivity index (χ0) is 18.7. The van der Waals surface area contributed by atoms with Gasteiger partial charge in [0.15, 0.2) is 0 Å². The van der Waals surface area contributed by atoms with E-state index >= 15 is 0 Å². The van der Waals surface area contributed by atoms with E-state index in [-0.39, 0.29) is 17.5 Å². The van der Waals surface area contributed by atoms with Crippen LogP contribution < -0.4 is 0 Å². The van der Waals surface area contributed by atoms with E-state index in [1.165, 1.54) is 45.4 Å². The van der Waals surface area contributed by atoms with Crippen LogP contribution in [0.25, 0.3) is 0 Å². The van der Waals surface area contributed by atoms with Gasteiger partial charge in [0, 0.05) is 12.8 Å². The van der Waals surface area contributed by atoms with Crippen LogP contribution in [0.4, 0.5) is 0 Å². The molecule has 8 atom stereocenters. The fourth-order valence-electron chi connectivity index (χ4n) is 8.23. The van der Waals surface area contributed by atoms with Crippen LogP contribution in [0.5, 0.6) is 0 Å². The SMILES string of the molecule is CC(=O)OC1CCC2(C)C3CCC4(C)C(C(C)=O)CCC4C3CC[C@H]2C1. The van der Waals surface area contributed by atoms with Crippen molar-refractivity contribution >= 4 is 11.8 Å². The number of carbonyl (C=O) groups excluding carboxylic acids is 2. The first-order valence-corrected chi connectivity index (χ1v) is 10.9. The van der Waals surface area contributed by atoms with E-state index in [2.05, 4.69) is 13.8 Å². The van der Waals surface area contributed by atoms with Crippen molar-refractivity contribution in [2.75, 3.05) is 0 Å². The van der Waals surface area contributed by atoms with Gasteiger partial charge in [0.2, 0.25) is 0 Å². The lowest BCUT2D eigenvalue weighted by Gasteiger charge is -2.61. The van der Waals surface area contributed by atoms with E-state index in [4.69, 9.17) is 4.74 Å². The van der Waals surface area contributed by atoms with Gasteiger partial charge in [0.05, 0.1) is 0 Å². The van der Waals surface area contributed by atoms with Gasteiger partial charge >= 0.3 is 5.97 Å². The highest BCUT2D eigenvalue weighted by Crippen LogP contribution is 2.67. The summed E-state index contributed by atoms with van der Waals surface area (Å²) in [5.74, 6) is 3.68. The Morgan fingerprint density at radius 1 is 0.846 bits per heavy atom. The molecule has 0 bridgehead atoms. The molecule has 0 heterocycles. The third kappa shape index (κ3) is 2.67. The van der Waals surface area contributed by atoms with Crippen molar-refractivity contribution in [3.05, 3.63) is 0 Å². The summed E-state index contributed by atoms with van der Waals surface area (Å²) in [6, 6.07) is 0. The molecule has 0 amide bonds. The summed E-state index contributed by atoms with van der Waals surface area (Å²) >= 11 is 0. The van der Waals surface area contributed by atoms with E-state index in [1.807, 2.05) is 6.92 Å². The van der Waals surface area contributed by atoms with Gasteiger partial charge in [-0.3, -0.25) is 9.59 Å². The molecular weight excluding hydrogens is 324 g/mol. The molecule has 7 unspecified atom stereocenters. The molecule has 0 N–H and O–H groups in total. The van der Waals surface area contributed by atoms with Crippen molar-refractivity contribution in [3.8, 4) is 0 Å². The van der Waals surface area contributed by atoms with E-state index in [1.54, 1.807) is 0 Å². The molecule has 4 fully saturated rings. The highest BCUT2D eigenvalue weighted by molar-refractivity contribution is 5.79. The van der Waals surface area contributed by atoms with Crippen LogP contribution in [-0.4, -0.2) is 17.9 Å². The van der Waals surface area contributed by atoms with E-state index in [0.717, 1.165) is 37.0 Å². The van der Waals surface area contributed by atoms with Gasteiger partial charge in [-0.1, -0.05) is 13.8 Å². The lowest BCUT2D eigenvalue weighted by Crippen LogP contribution is -2.54. The molecule has 0 radical (unpaired) electrons. The van der Waals surface area contributed by atoms with Crippen LogP contribution in [0.2, 0.25) is 0 Å². The number of fused-ring (bicyclic) bond motifs is 5. The highest BCUT2D eigenvalue weighted by atomic mass is 16.5. The summed E-state index contributed by atoms with van der Waals surface area (Å²) in [7, 11) is 0. The zero-order valence-electron chi connectivity index (χ0n) is 17.1. The molecule has 146 valence electrons. The largest absolute Gasteiger partial charge is 0.463 e. The summed E-state index contributed by atoms with van der Waals surface area (Å²) in [5.41, 5.74) is 0.667. The maximum absolute atomic E-state index is 12.2. The van der Waals surface area contributed by atoms with Crippen molar-refractivity contribution in [1.82, 2.24) is 0 Å². The van der Waals surface area contributed by atoms with Crippen molar-refractivity contribution in [2.45, 2.75) is 91.6 Å². The molecule has 0 aromatic rings. The summed E-state index contributed by atoms with van der Waals surface area (Å²) in [5, 5.41) is 0. The van der Waals surface area contributed by atoms with Gasteiger partial charge in [-0.25, -0.2) is 0 Å². The number of ether oxygens (including phenoxy) is 1. The minimum atomic E-state index is -0.123. The van der Waals surface area contributed by atoms with Crippen LogP contribution in [0.3, 0.4) is 0 Å². The van der Waals surface area contributed by atoms with Crippen molar-refractivity contribution in [1.29, 1.82) is 0 Å². The summed E-state index contributed by atoms with van der Waals surface area (Å²) < 4.78 is 5.57. The molecule has 0 saturated heterocycles. The standard InChI is InChI=1S/C23H36O3/c1-14(24)19-7-8-20-18-6-5-16-13-17(26-15(2)25)9-11-22(16,3)21(18)10-12-23(19,20)4/h16-21H,5-13H2,1-4H3/t16-,17?,18?,19?,20?,21?,22?,23?/m0/s1. The third-order valence-electron chi connectivity index (χ3n) is 9.44. The second-order valence-corrected chi connectivity index (χ2v) is 10.4. The van der Waals surface area contributed by atoms with Crippen molar-refractivity contribution in [3.63, 3.8) is 0 Å². The number of hydrogen-bond acceptors (Lipinski definition) is 3. The number of hydrogen-bond donors (Lipinski definition) is 0.